The molecule has 0 atom stereocenters. The molecular weight excluding hydrogens is 807 g/mol. The number of carbonyl (C=O) groups excluding carboxylic acids is 2. The van der Waals surface area contributed by atoms with Crippen molar-refractivity contribution in [3.8, 4) is 6.07 Å². The van der Waals surface area contributed by atoms with Crippen molar-refractivity contribution >= 4 is 58.0 Å². The van der Waals surface area contributed by atoms with Crippen LogP contribution in [0.3, 0.4) is 0 Å². The van der Waals surface area contributed by atoms with Gasteiger partial charge in [0.1, 0.15) is 34.9 Å². The Kier molecular flexibility index (Phi) is 20.7. The van der Waals surface area contributed by atoms with E-state index in [4.69, 9.17) is 49.9 Å². The Labute approximate surface area is 373 Å². The minimum absolute atomic E-state index is 0.1000. The van der Waals surface area contributed by atoms with Crippen LogP contribution in [0.1, 0.15) is 124 Å². The topological polar surface area (TPSA) is 171 Å². The van der Waals surface area contributed by atoms with Gasteiger partial charge in [0.05, 0.1) is 30.1 Å². The number of alkyl halides is 2. The molecule has 0 aliphatic carbocycles. The Morgan fingerprint density at radius 2 is 1.11 bits per heavy atom. The van der Waals surface area contributed by atoms with Gasteiger partial charge in [-0.1, -0.05) is 89.8 Å². The van der Waals surface area contributed by atoms with Gasteiger partial charge in [0.15, 0.2) is 11.6 Å². The Hall–Kier alpha value is -4.83. The van der Waals surface area contributed by atoms with E-state index in [-0.39, 0.29) is 23.3 Å². The van der Waals surface area contributed by atoms with Gasteiger partial charge in [-0.3, -0.25) is 14.5 Å². The monoisotopic (exact) mass is 870 g/mol. The number of hydrogen-bond donors (Lipinski definition) is 2. The maximum atomic E-state index is 12.4. The fourth-order valence-electron chi connectivity index (χ4n) is 7.77. The van der Waals surface area contributed by atoms with Crippen molar-refractivity contribution in [2.75, 3.05) is 52.8 Å². The van der Waals surface area contributed by atoms with Gasteiger partial charge in [-0.15, -0.1) is 23.2 Å². The lowest BCUT2D eigenvalue weighted by molar-refractivity contribution is -0.118. The highest BCUT2D eigenvalue weighted by Gasteiger charge is 2.29. The molecule has 2 aromatic carbocycles. The van der Waals surface area contributed by atoms with Crippen molar-refractivity contribution in [1.82, 2.24) is 24.8 Å². The standard InChI is InChI=1S/C24H33N5O.C20H23N5O.C2H6.CH2Cl2/c1-2-3-4-10-22-26-23(25)21-14-20(30)17-29(24(21)27-22)16-19-9-7-8-18(13-19)15-28-11-5-6-12-28;1-2-3-4-8-18-23-19(22)17-10-16(26)13-25(20(17)24-18)12-15-7-5-6-14(9-15)11-21;1-2;2-1-3/h7-9,13H,2-6,10-12,14-17H2,1H3,(H2,25,26,27);5-7,9H,2-4,8,10,12-13H2,1H3,(H2,22,23,24);1-2H3;1H2. The summed E-state index contributed by atoms with van der Waals surface area (Å²) >= 11 is 9.53. The number of nitriles is 1. The van der Waals surface area contributed by atoms with E-state index >= 15 is 0 Å². The Bertz CT molecular complexity index is 2070. The van der Waals surface area contributed by atoms with E-state index in [0.717, 1.165) is 97.9 Å². The molecule has 0 saturated carbocycles. The lowest BCUT2D eigenvalue weighted by Crippen LogP contribution is -2.37. The molecule has 2 aromatic heterocycles. The van der Waals surface area contributed by atoms with Crippen molar-refractivity contribution in [2.24, 2.45) is 0 Å². The number of aryl methyl sites for hydroxylation is 2. The smallest absolute Gasteiger partial charge is 0.156 e. The van der Waals surface area contributed by atoms with E-state index in [0.29, 0.717) is 49.8 Å². The number of benzene rings is 2. The summed E-state index contributed by atoms with van der Waals surface area (Å²) in [5.74, 6) is 4.27. The molecule has 1 fully saturated rings. The molecule has 14 heteroatoms. The number of ketones is 2. The first kappa shape index (κ1) is 48.8. The summed E-state index contributed by atoms with van der Waals surface area (Å²) in [7, 11) is 0. The second-order valence-electron chi connectivity index (χ2n) is 15.4. The molecule has 7 rings (SSSR count). The highest BCUT2D eigenvalue weighted by Crippen LogP contribution is 2.31. The molecule has 5 heterocycles. The quantitative estimate of drug-likeness (QED) is 0.0914. The minimum atomic E-state index is 0.1000. The molecule has 0 radical (unpaired) electrons. The predicted octanol–water partition coefficient (Wildman–Crippen LogP) is 8.76. The molecule has 1 saturated heterocycles. The van der Waals surface area contributed by atoms with Gasteiger partial charge in [0, 0.05) is 56.4 Å². The molecular formula is C47H64Cl2N10O2. The van der Waals surface area contributed by atoms with Crippen molar-refractivity contribution in [2.45, 2.75) is 124 Å². The number of aromatic nitrogens is 4. The van der Waals surface area contributed by atoms with Crippen LogP contribution < -0.4 is 21.3 Å². The maximum Gasteiger partial charge on any atom is 0.156 e. The first-order chi connectivity index (χ1) is 29.6. The SMILES string of the molecule is CC.CCCCCc1nc(N)c2c(n1)N(Cc1cccc(C#N)c1)CC(=O)C2.CCCCCc1nc(N)c2c(n1)N(Cc1cccc(CN3CCCC3)c1)CC(=O)C2.ClCCl. The number of carbonyl (C=O) groups is 2. The molecule has 0 spiro atoms. The predicted molar refractivity (Wildman–Crippen MR) is 249 cm³/mol. The number of likely N-dealkylation sites (tertiary alicyclic amines) is 1. The molecule has 0 amide bonds. The van der Waals surface area contributed by atoms with Gasteiger partial charge >= 0.3 is 0 Å². The number of anilines is 4. The summed E-state index contributed by atoms with van der Waals surface area (Å²) in [6, 6.07) is 18.3. The van der Waals surface area contributed by atoms with E-state index < -0.39 is 0 Å². The third-order valence-corrected chi connectivity index (χ3v) is 10.6. The zero-order valence-electron chi connectivity index (χ0n) is 36.6. The Morgan fingerprint density at radius 1 is 0.672 bits per heavy atom. The molecule has 0 bridgehead atoms. The maximum absolute atomic E-state index is 12.4. The molecule has 0 unspecified atom stereocenters. The summed E-state index contributed by atoms with van der Waals surface area (Å²) in [4.78, 5) is 49.6. The number of nitrogen functional groups attached to an aromatic ring is 2. The van der Waals surface area contributed by atoms with Crippen LogP contribution in [0, 0.1) is 11.3 Å². The number of halogens is 2. The van der Waals surface area contributed by atoms with Crippen LogP contribution >= 0.6 is 23.2 Å². The number of nitrogens with zero attached hydrogens (tertiary/aromatic N) is 8. The summed E-state index contributed by atoms with van der Waals surface area (Å²) in [5.41, 5.74) is 18.0. The Balaban J connectivity index is 0.000000245. The summed E-state index contributed by atoms with van der Waals surface area (Å²) in [5, 5.41) is 9.28. The van der Waals surface area contributed by atoms with Gasteiger partial charge in [0.25, 0.3) is 0 Å². The highest BCUT2D eigenvalue weighted by molar-refractivity contribution is 6.40. The fraction of sp³-hybridized carbons (Fsp3) is 0.511. The molecule has 328 valence electrons. The Morgan fingerprint density at radius 3 is 1.57 bits per heavy atom. The van der Waals surface area contributed by atoms with Crippen molar-refractivity contribution < 1.29 is 9.59 Å². The summed E-state index contributed by atoms with van der Waals surface area (Å²) in [6.07, 6.45) is 11.5. The van der Waals surface area contributed by atoms with Crippen molar-refractivity contribution in [3.63, 3.8) is 0 Å². The third-order valence-electron chi connectivity index (χ3n) is 10.6. The third kappa shape index (κ3) is 14.9. The van der Waals surface area contributed by atoms with E-state index in [1.165, 1.54) is 37.1 Å². The lowest BCUT2D eigenvalue weighted by Gasteiger charge is -2.30. The number of hydrogen-bond acceptors (Lipinski definition) is 12. The largest absolute Gasteiger partial charge is 0.383 e. The fourth-order valence-corrected chi connectivity index (χ4v) is 7.77. The molecule has 12 nitrogen and oxygen atoms in total. The lowest BCUT2D eigenvalue weighted by atomic mass is 10.0. The average Bonchev–Trinajstić information content (AvgIpc) is 3.76. The van der Waals surface area contributed by atoms with Crippen LogP contribution in [0.4, 0.5) is 23.3 Å². The van der Waals surface area contributed by atoms with Crippen LogP contribution in [0.15, 0.2) is 48.5 Å². The number of rotatable bonds is 14. The van der Waals surface area contributed by atoms with Gasteiger partial charge < -0.3 is 21.3 Å². The molecule has 4 N–H and O–H groups in total. The average molecular weight is 872 g/mol. The molecule has 4 aromatic rings. The van der Waals surface area contributed by atoms with Crippen LogP contribution in [-0.2, 0) is 54.9 Å². The van der Waals surface area contributed by atoms with Gasteiger partial charge in [-0.25, -0.2) is 19.9 Å². The van der Waals surface area contributed by atoms with Crippen LogP contribution in [0.5, 0.6) is 0 Å². The van der Waals surface area contributed by atoms with Gasteiger partial charge in [-0.05, 0) is 67.6 Å². The van der Waals surface area contributed by atoms with Gasteiger partial charge in [-0.2, -0.15) is 5.26 Å². The van der Waals surface area contributed by atoms with E-state index in [1.54, 1.807) is 6.07 Å². The van der Waals surface area contributed by atoms with E-state index in [9.17, 15) is 9.59 Å². The van der Waals surface area contributed by atoms with Gasteiger partial charge in [0.2, 0.25) is 0 Å². The normalized spacial score (nSPS) is 14.4. The van der Waals surface area contributed by atoms with E-state index in [2.05, 4.69) is 63.9 Å². The molecule has 3 aliphatic rings. The zero-order chi connectivity index (χ0) is 44.1. The summed E-state index contributed by atoms with van der Waals surface area (Å²) < 4.78 is 0. The van der Waals surface area contributed by atoms with Crippen molar-refractivity contribution in [1.29, 1.82) is 5.26 Å². The minimum Gasteiger partial charge on any atom is -0.383 e. The van der Waals surface area contributed by atoms with Crippen LogP contribution in [-0.4, -0.2) is 67.9 Å². The van der Waals surface area contributed by atoms with Crippen molar-refractivity contribution in [3.05, 3.63) is 93.6 Å². The second kappa shape index (κ2) is 25.8. The zero-order valence-corrected chi connectivity index (χ0v) is 38.1. The first-order valence-electron chi connectivity index (χ1n) is 21.9. The highest BCUT2D eigenvalue weighted by atomic mass is 35.5. The molecule has 3 aliphatic heterocycles. The van der Waals surface area contributed by atoms with Crippen LogP contribution in [0.2, 0.25) is 0 Å². The number of unbranched alkanes of at least 4 members (excludes halogenated alkanes) is 4. The first-order valence-corrected chi connectivity index (χ1v) is 23.0. The molecule has 61 heavy (non-hydrogen) atoms. The number of nitrogens with two attached hydrogens (primary N) is 2. The van der Waals surface area contributed by atoms with Crippen LogP contribution in [0.25, 0.3) is 0 Å². The number of Topliss-reactive ketones (excluding diaryl/α,β-unsaturated/α-hetero) is 2. The van der Waals surface area contributed by atoms with E-state index in [1.807, 2.05) is 36.9 Å². The summed E-state index contributed by atoms with van der Waals surface area (Å²) in [6.45, 7) is 13.6. The number of fused-ring (bicyclic) bond motifs is 2. The second-order valence-corrected chi connectivity index (χ2v) is 16.2.